The van der Waals surface area contributed by atoms with Gasteiger partial charge in [-0.25, -0.2) is 4.79 Å². The number of ketones is 1. The molecule has 4 rings (SSSR count). The van der Waals surface area contributed by atoms with Crippen LogP contribution in [0.5, 0.6) is 0 Å². The molecule has 11 heteroatoms. The lowest BCUT2D eigenvalue weighted by Gasteiger charge is -2.30. The summed E-state index contributed by atoms with van der Waals surface area (Å²) in [5, 5.41) is 17.7. The Kier molecular flexibility index (Phi) is 13.2. The first-order valence-corrected chi connectivity index (χ1v) is 16.7. The van der Waals surface area contributed by atoms with Crippen LogP contribution in [0.3, 0.4) is 0 Å². The van der Waals surface area contributed by atoms with Crippen LogP contribution in [0.2, 0.25) is 0 Å². The Labute approximate surface area is 286 Å². The summed E-state index contributed by atoms with van der Waals surface area (Å²) in [6.45, 7) is 3.81. The smallest absolute Gasteiger partial charge is 0.326 e. The normalized spacial score (nSPS) is 16.4. The molecule has 1 aliphatic rings. The van der Waals surface area contributed by atoms with E-state index in [-0.39, 0.29) is 31.7 Å². The van der Waals surface area contributed by atoms with Crippen molar-refractivity contribution in [1.82, 2.24) is 20.9 Å². The predicted molar refractivity (Wildman–Crippen MR) is 183 cm³/mol. The van der Waals surface area contributed by atoms with Crippen LogP contribution in [-0.2, 0) is 48.0 Å². The molecule has 1 saturated heterocycles. The van der Waals surface area contributed by atoms with Gasteiger partial charge in [0, 0.05) is 19.4 Å². The van der Waals surface area contributed by atoms with Gasteiger partial charge in [-0.3, -0.25) is 24.0 Å². The Morgan fingerprint density at radius 2 is 1.29 bits per heavy atom. The lowest BCUT2D eigenvalue weighted by atomic mass is 9.96. The number of benzene rings is 3. The third-order valence-electron chi connectivity index (χ3n) is 8.87. The number of likely N-dealkylation sites (tertiary alicyclic amines) is 1. The van der Waals surface area contributed by atoms with Crippen molar-refractivity contribution in [2.24, 2.45) is 5.92 Å². The summed E-state index contributed by atoms with van der Waals surface area (Å²) in [6.07, 6.45) is 1.45. The van der Waals surface area contributed by atoms with Crippen LogP contribution in [0, 0.1) is 5.92 Å². The van der Waals surface area contributed by atoms with Crippen LogP contribution in [0.25, 0.3) is 0 Å². The summed E-state index contributed by atoms with van der Waals surface area (Å²) in [5.41, 5.74) is 2.22. The fourth-order valence-corrected chi connectivity index (χ4v) is 5.94. The fourth-order valence-electron chi connectivity index (χ4n) is 5.94. The molecule has 0 aromatic heterocycles. The van der Waals surface area contributed by atoms with Crippen LogP contribution in [0.4, 0.5) is 0 Å². The number of nitrogens with one attached hydrogen (secondary N) is 3. The van der Waals surface area contributed by atoms with Crippen molar-refractivity contribution in [1.29, 1.82) is 0 Å². The number of carboxylic acids is 1. The molecule has 1 heterocycles. The maximum absolute atomic E-state index is 13.9. The lowest BCUT2D eigenvalue weighted by Crippen LogP contribution is -2.58. The number of amides is 4. The number of nitrogens with zero attached hydrogens (tertiary/aromatic N) is 1. The Bertz CT molecular complexity index is 1600. The Morgan fingerprint density at radius 1 is 0.755 bits per heavy atom. The number of Topliss-reactive ketones (excluding diaryl/α,β-unsaturated/α-hetero) is 1. The average Bonchev–Trinajstić information content (AvgIpc) is 3.61. The highest BCUT2D eigenvalue weighted by molar-refractivity contribution is 6.39. The highest BCUT2D eigenvalue weighted by Gasteiger charge is 2.40. The lowest BCUT2D eigenvalue weighted by molar-refractivity contribution is -0.150. The summed E-state index contributed by atoms with van der Waals surface area (Å²) in [7, 11) is 0. The van der Waals surface area contributed by atoms with Crippen LogP contribution < -0.4 is 16.0 Å². The maximum atomic E-state index is 13.9. The van der Waals surface area contributed by atoms with Gasteiger partial charge in [-0.1, -0.05) is 111 Å². The van der Waals surface area contributed by atoms with E-state index >= 15 is 0 Å². The molecular weight excluding hydrogens is 624 g/mol. The van der Waals surface area contributed by atoms with Crippen molar-refractivity contribution < 1.29 is 33.9 Å². The van der Waals surface area contributed by atoms with Gasteiger partial charge in [0.1, 0.15) is 24.2 Å². The van der Waals surface area contributed by atoms with Gasteiger partial charge >= 0.3 is 5.97 Å². The first kappa shape index (κ1) is 36.5. The van der Waals surface area contributed by atoms with Crippen LogP contribution in [0.1, 0.15) is 49.8 Å². The van der Waals surface area contributed by atoms with Crippen molar-refractivity contribution in [3.63, 3.8) is 0 Å². The molecule has 49 heavy (non-hydrogen) atoms. The fraction of sp³-hybridized carbons (Fsp3) is 0.368. The van der Waals surface area contributed by atoms with Gasteiger partial charge in [0.25, 0.3) is 5.91 Å². The maximum Gasteiger partial charge on any atom is 0.326 e. The minimum absolute atomic E-state index is 0.0238. The quantitative estimate of drug-likeness (QED) is 0.171. The van der Waals surface area contributed by atoms with Gasteiger partial charge in [0.15, 0.2) is 0 Å². The van der Waals surface area contributed by atoms with Gasteiger partial charge in [-0.15, -0.1) is 0 Å². The van der Waals surface area contributed by atoms with Gasteiger partial charge in [0.05, 0.1) is 6.42 Å². The first-order chi connectivity index (χ1) is 23.6. The second-order valence-electron chi connectivity index (χ2n) is 12.5. The number of rotatable bonds is 16. The van der Waals surface area contributed by atoms with Crippen LogP contribution >= 0.6 is 0 Å². The summed E-state index contributed by atoms with van der Waals surface area (Å²) in [5.74, 6) is -5.17. The zero-order valence-corrected chi connectivity index (χ0v) is 27.8. The van der Waals surface area contributed by atoms with Crippen molar-refractivity contribution in [3.05, 3.63) is 108 Å². The number of carbonyl (C=O) groups excluding carboxylic acids is 5. The topological polar surface area (TPSA) is 162 Å². The number of hydrogen-bond donors (Lipinski definition) is 4. The van der Waals surface area contributed by atoms with E-state index in [9.17, 15) is 33.9 Å². The summed E-state index contributed by atoms with van der Waals surface area (Å²) in [4.78, 5) is 81.1. The van der Waals surface area contributed by atoms with E-state index in [1.54, 1.807) is 37.3 Å². The molecule has 258 valence electrons. The molecule has 5 atom stereocenters. The average molecular weight is 669 g/mol. The second-order valence-corrected chi connectivity index (χ2v) is 12.5. The monoisotopic (exact) mass is 668 g/mol. The highest BCUT2D eigenvalue weighted by Crippen LogP contribution is 2.21. The van der Waals surface area contributed by atoms with E-state index < -0.39 is 59.6 Å². The number of carbonyl (C=O) groups is 6. The van der Waals surface area contributed by atoms with E-state index in [1.165, 1.54) is 4.90 Å². The van der Waals surface area contributed by atoms with Crippen molar-refractivity contribution in [2.75, 3.05) is 6.54 Å². The Hall–Kier alpha value is -5.32. The van der Waals surface area contributed by atoms with Gasteiger partial charge in [0.2, 0.25) is 23.5 Å². The number of carboxylic acid groups (broad SMARTS) is 1. The number of aliphatic carboxylic acids is 1. The molecule has 2 unspecified atom stereocenters. The van der Waals surface area contributed by atoms with Crippen LogP contribution in [0.15, 0.2) is 91.0 Å². The number of hydrogen-bond acceptors (Lipinski definition) is 6. The third kappa shape index (κ3) is 10.3. The Balaban J connectivity index is 1.56. The molecule has 3 aromatic carbocycles. The Morgan fingerprint density at radius 3 is 1.82 bits per heavy atom. The second kappa shape index (κ2) is 17.7. The molecule has 3 aromatic rings. The van der Waals surface area contributed by atoms with Crippen LogP contribution in [-0.4, -0.2) is 76.1 Å². The molecule has 0 bridgehead atoms. The SMILES string of the molecule is CC[C@H](C)[C@H](NC(=O)C(=O)C(Cc1ccccc1)NC(=O)[C@H](Cc1ccccc1)NC(=O)Cc1ccccc1)C(=O)N1CCCC1C(=O)O. The van der Waals surface area contributed by atoms with Gasteiger partial charge < -0.3 is 26.0 Å². The molecule has 0 radical (unpaired) electrons. The van der Waals surface area contributed by atoms with E-state index in [0.29, 0.717) is 24.8 Å². The highest BCUT2D eigenvalue weighted by atomic mass is 16.4. The minimum Gasteiger partial charge on any atom is -0.480 e. The molecular formula is C38H44N4O7. The molecule has 0 saturated carbocycles. The van der Waals surface area contributed by atoms with Crippen molar-refractivity contribution in [2.45, 2.75) is 76.5 Å². The van der Waals surface area contributed by atoms with Gasteiger partial charge in [-0.05, 0) is 35.4 Å². The molecule has 11 nitrogen and oxygen atoms in total. The van der Waals surface area contributed by atoms with E-state index in [1.807, 2.05) is 67.6 Å². The first-order valence-electron chi connectivity index (χ1n) is 16.7. The summed E-state index contributed by atoms with van der Waals surface area (Å²) in [6, 6.07) is 22.5. The van der Waals surface area contributed by atoms with E-state index in [4.69, 9.17) is 0 Å². The largest absolute Gasteiger partial charge is 0.480 e. The molecule has 0 spiro atoms. The standard InChI is InChI=1S/C38H44N4O7/c1-3-25(2)33(37(47)42-21-13-20-31(42)38(48)49)41-36(46)34(44)29(22-26-14-7-4-8-15-26)40-35(45)30(23-27-16-9-5-10-17-27)39-32(43)24-28-18-11-6-12-19-28/h4-12,14-19,25,29-31,33H,3,13,20-24H2,1-2H3,(H,39,43)(H,40,45)(H,41,46)(H,48,49)/t25-,29?,30-,31?,33-/m0/s1. The third-order valence-corrected chi connectivity index (χ3v) is 8.87. The van der Waals surface area contributed by atoms with Crippen molar-refractivity contribution >= 4 is 35.4 Å². The zero-order chi connectivity index (χ0) is 35.3. The summed E-state index contributed by atoms with van der Waals surface area (Å²) >= 11 is 0. The molecule has 1 aliphatic heterocycles. The molecule has 0 aliphatic carbocycles. The van der Waals surface area contributed by atoms with Crippen molar-refractivity contribution in [3.8, 4) is 0 Å². The molecule has 4 N–H and O–H groups in total. The molecule has 1 fully saturated rings. The zero-order valence-electron chi connectivity index (χ0n) is 27.8. The minimum atomic E-state index is -1.33. The van der Waals surface area contributed by atoms with E-state index in [2.05, 4.69) is 16.0 Å². The molecule has 4 amide bonds. The van der Waals surface area contributed by atoms with E-state index in [0.717, 1.165) is 11.1 Å². The predicted octanol–water partition coefficient (Wildman–Crippen LogP) is 2.86. The van der Waals surface area contributed by atoms with Gasteiger partial charge in [-0.2, -0.15) is 0 Å². The summed E-state index contributed by atoms with van der Waals surface area (Å²) < 4.78 is 0.